The Morgan fingerprint density at radius 1 is 1.41 bits per heavy atom. The standard InChI is InChI=1S/C13H23N3O/c1-3-4-5-8-15-13(11-14)6-9-16(10-7-13)12(2)17/h15H,3-10H2,1-2H3. The van der Waals surface area contributed by atoms with Crippen LogP contribution in [0.3, 0.4) is 0 Å². The highest BCUT2D eigenvalue weighted by molar-refractivity contribution is 5.73. The minimum absolute atomic E-state index is 0.113. The van der Waals surface area contributed by atoms with Crippen molar-refractivity contribution in [3.63, 3.8) is 0 Å². The van der Waals surface area contributed by atoms with Crippen LogP contribution in [-0.2, 0) is 4.79 Å². The second-order valence-electron chi connectivity index (χ2n) is 4.83. The highest BCUT2D eigenvalue weighted by Gasteiger charge is 2.34. The van der Waals surface area contributed by atoms with Crippen LogP contribution in [0.15, 0.2) is 0 Å². The van der Waals surface area contributed by atoms with Crippen molar-refractivity contribution in [1.82, 2.24) is 10.2 Å². The number of nitriles is 1. The van der Waals surface area contributed by atoms with Crippen molar-refractivity contribution in [2.24, 2.45) is 0 Å². The number of nitrogens with zero attached hydrogens (tertiary/aromatic N) is 2. The van der Waals surface area contributed by atoms with Crippen LogP contribution in [0.1, 0.15) is 46.0 Å². The van der Waals surface area contributed by atoms with E-state index in [1.165, 1.54) is 12.8 Å². The average molecular weight is 237 g/mol. The molecule has 1 N–H and O–H groups in total. The lowest BCUT2D eigenvalue weighted by atomic mass is 9.88. The maximum atomic E-state index is 11.2. The predicted molar refractivity (Wildman–Crippen MR) is 67.4 cm³/mol. The quantitative estimate of drug-likeness (QED) is 0.740. The highest BCUT2D eigenvalue weighted by atomic mass is 16.2. The van der Waals surface area contributed by atoms with Gasteiger partial charge >= 0.3 is 0 Å². The van der Waals surface area contributed by atoms with E-state index in [0.717, 1.165) is 25.8 Å². The first-order chi connectivity index (χ1) is 8.13. The van der Waals surface area contributed by atoms with Crippen molar-refractivity contribution in [2.45, 2.75) is 51.5 Å². The number of hydrogen-bond acceptors (Lipinski definition) is 3. The van der Waals surface area contributed by atoms with E-state index < -0.39 is 5.54 Å². The van der Waals surface area contributed by atoms with Crippen LogP contribution >= 0.6 is 0 Å². The summed E-state index contributed by atoms with van der Waals surface area (Å²) >= 11 is 0. The number of nitrogens with one attached hydrogen (secondary N) is 1. The molecule has 0 radical (unpaired) electrons. The number of hydrogen-bond donors (Lipinski definition) is 1. The Labute approximate surface area is 104 Å². The van der Waals surface area contributed by atoms with Crippen molar-refractivity contribution < 1.29 is 4.79 Å². The minimum Gasteiger partial charge on any atom is -0.343 e. The fraction of sp³-hybridized carbons (Fsp3) is 0.846. The molecule has 1 amide bonds. The summed E-state index contributed by atoms with van der Waals surface area (Å²) in [7, 11) is 0. The summed E-state index contributed by atoms with van der Waals surface area (Å²) in [6.07, 6.45) is 5.01. The molecule has 17 heavy (non-hydrogen) atoms. The number of unbranched alkanes of at least 4 members (excludes halogenated alkanes) is 2. The number of carbonyl (C=O) groups is 1. The highest BCUT2D eigenvalue weighted by Crippen LogP contribution is 2.21. The lowest BCUT2D eigenvalue weighted by Gasteiger charge is -2.37. The zero-order valence-electron chi connectivity index (χ0n) is 11.0. The molecule has 1 saturated heterocycles. The van der Waals surface area contributed by atoms with Gasteiger partial charge in [-0.15, -0.1) is 0 Å². The van der Waals surface area contributed by atoms with Crippen LogP contribution in [0.5, 0.6) is 0 Å². The monoisotopic (exact) mass is 237 g/mol. The van der Waals surface area contributed by atoms with E-state index in [4.69, 9.17) is 0 Å². The van der Waals surface area contributed by atoms with E-state index in [1.54, 1.807) is 6.92 Å². The summed E-state index contributed by atoms with van der Waals surface area (Å²) < 4.78 is 0. The number of likely N-dealkylation sites (tertiary alicyclic amines) is 1. The number of amides is 1. The van der Waals surface area contributed by atoms with Crippen LogP contribution in [0, 0.1) is 11.3 Å². The average Bonchev–Trinajstić information content (AvgIpc) is 2.35. The smallest absolute Gasteiger partial charge is 0.219 e. The fourth-order valence-corrected chi connectivity index (χ4v) is 2.23. The van der Waals surface area contributed by atoms with E-state index in [0.29, 0.717) is 13.1 Å². The normalized spacial score (nSPS) is 18.8. The van der Waals surface area contributed by atoms with E-state index in [1.807, 2.05) is 4.90 Å². The van der Waals surface area contributed by atoms with E-state index in [2.05, 4.69) is 18.3 Å². The third-order valence-electron chi connectivity index (χ3n) is 3.52. The van der Waals surface area contributed by atoms with E-state index >= 15 is 0 Å². The Morgan fingerprint density at radius 3 is 2.53 bits per heavy atom. The molecular formula is C13H23N3O. The fourth-order valence-electron chi connectivity index (χ4n) is 2.23. The number of piperidine rings is 1. The first-order valence-corrected chi connectivity index (χ1v) is 6.55. The first-order valence-electron chi connectivity index (χ1n) is 6.55. The predicted octanol–water partition coefficient (Wildman–Crippen LogP) is 1.67. The van der Waals surface area contributed by atoms with E-state index in [-0.39, 0.29) is 5.91 Å². The van der Waals surface area contributed by atoms with Gasteiger partial charge in [-0.25, -0.2) is 0 Å². The van der Waals surface area contributed by atoms with Gasteiger partial charge in [0.1, 0.15) is 5.54 Å². The third kappa shape index (κ3) is 4.01. The van der Waals surface area contributed by atoms with Crippen LogP contribution in [0.2, 0.25) is 0 Å². The molecule has 0 saturated carbocycles. The van der Waals surface area contributed by atoms with Crippen molar-refractivity contribution in [2.75, 3.05) is 19.6 Å². The Balaban J connectivity index is 2.39. The minimum atomic E-state index is -0.403. The summed E-state index contributed by atoms with van der Waals surface area (Å²) in [5.41, 5.74) is -0.403. The zero-order valence-corrected chi connectivity index (χ0v) is 11.0. The van der Waals surface area contributed by atoms with E-state index in [9.17, 15) is 10.1 Å². The number of rotatable bonds is 5. The van der Waals surface area contributed by atoms with Gasteiger partial charge in [-0.1, -0.05) is 19.8 Å². The SMILES string of the molecule is CCCCCNC1(C#N)CCN(C(C)=O)CC1. The molecule has 96 valence electrons. The first kappa shape index (κ1) is 14.0. The van der Waals surface area contributed by atoms with Crippen molar-refractivity contribution in [3.05, 3.63) is 0 Å². The van der Waals surface area contributed by atoms with Gasteiger partial charge in [0.2, 0.25) is 5.91 Å². The largest absolute Gasteiger partial charge is 0.343 e. The Morgan fingerprint density at radius 2 is 2.06 bits per heavy atom. The molecule has 0 aliphatic carbocycles. The Bertz CT molecular complexity index is 288. The van der Waals surface area contributed by atoms with Gasteiger partial charge in [-0.2, -0.15) is 5.26 Å². The molecule has 1 fully saturated rings. The molecule has 1 aliphatic heterocycles. The third-order valence-corrected chi connectivity index (χ3v) is 3.52. The Kier molecular flexibility index (Phi) is 5.43. The van der Waals surface area contributed by atoms with Gasteiger partial charge in [0.15, 0.2) is 0 Å². The van der Waals surface area contributed by atoms with Crippen molar-refractivity contribution in [3.8, 4) is 6.07 Å². The van der Waals surface area contributed by atoms with Crippen molar-refractivity contribution >= 4 is 5.91 Å². The van der Waals surface area contributed by atoms with Gasteiger partial charge < -0.3 is 4.90 Å². The lowest BCUT2D eigenvalue weighted by Crippen LogP contribution is -2.53. The second kappa shape index (κ2) is 6.61. The molecule has 0 unspecified atom stereocenters. The molecule has 0 spiro atoms. The zero-order chi connectivity index (χ0) is 12.7. The summed E-state index contributed by atoms with van der Waals surface area (Å²) in [5, 5.41) is 12.7. The van der Waals surface area contributed by atoms with Gasteiger partial charge in [0, 0.05) is 20.0 Å². The molecule has 0 bridgehead atoms. The Hall–Kier alpha value is -1.08. The summed E-state index contributed by atoms with van der Waals surface area (Å²) in [6.45, 7) is 6.06. The molecule has 0 aromatic carbocycles. The molecular weight excluding hydrogens is 214 g/mol. The molecule has 0 aromatic rings. The molecule has 4 heteroatoms. The molecule has 4 nitrogen and oxygen atoms in total. The topological polar surface area (TPSA) is 56.1 Å². The molecule has 0 atom stereocenters. The summed E-state index contributed by atoms with van der Waals surface area (Å²) in [4.78, 5) is 13.0. The van der Waals surface area contributed by atoms with Crippen LogP contribution in [0.25, 0.3) is 0 Å². The second-order valence-corrected chi connectivity index (χ2v) is 4.83. The maximum Gasteiger partial charge on any atom is 0.219 e. The summed E-state index contributed by atoms with van der Waals surface area (Å²) in [6, 6.07) is 2.40. The van der Waals surface area contributed by atoms with Crippen molar-refractivity contribution in [1.29, 1.82) is 5.26 Å². The van der Waals surface area contributed by atoms with Gasteiger partial charge in [-0.05, 0) is 25.8 Å². The molecule has 1 rings (SSSR count). The summed E-state index contributed by atoms with van der Waals surface area (Å²) in [5.74, 6) is 0.113. The van der Waals surface area contributed by atoms with Crippen LogP contribution in [-0.4, -0.2) is 36.0 Å². The maximum absolute atomic E-state index is 11.2. The van der Waals surface area contributed by atoms with Crippen LogP contribution in [0.4, 0.5) is 0 Å². The molecule has 1 heterocycles. The van der Waals surface area contributed by atoms with Gasteiger partial charge in [0.05, 0.1) is 6.07 Å². The van der Waals surface area contributed by atoms with Gasteiger partial charge in [-0.3, -0.25) is 10.1 Å². The van der Waals surface area contributed by atoms with Crippen LogP contribution < -0.4 is 5.32 Å². The molecule has 0 aromatic heterocycles. The lowest BCUT2D eigenvalue weighted by molar-refractivity contribution is -0.130. The number of carbonyl (C=O) groups excluding carboxylic acids is 1. The molecule has 1 aliphatic rings. The van der Waals surface area contributed by atoms with Gasteiger partial charge in [0.25, 0.3) is 0 Å².